The molecule has 0 atom stereocenters. The topological polar surface area (TPSA) is 12.0 Å². The summed E-state index contributed by atoms with van der Waals surface area (Å²) >= 11 is 0. The largest absolute Gasteiger partial charge is 0.356 e. The summed E-state index contributed by atoms with van der Waals surface area (Å²) in [5, 5.41) is 3.72. The van der Waals surface area contributed by atoms with Crippen molar-refractivity contribution in [1.29, 1.82) is 0 Å². The highest BCUT2D eigenvalue weighted by Crippen LogP contribution is 2.25. The van der Waals surface area contributed by atoms with Gasteiger partial charge in [0.2, 0.25) is 0 Å². The van der Waals surface area contributed by atoms with Crippen LogP contribution < -0.4 is 5.32 Å². The standard InChI is InChI=1S/C39H65N/c1-4-7-10-13-16-19-22-25-35-28-31-38(32-29-35)40-39-33-30-36(26-23-20-17-14-11-8-5-2)37(34-39)27-24-21-18-15-12-9-6-3/h28-34,40H,4-27H2,1-3H3. The molecule has 2 aromatic rings. The predicted octanol–water partition coefficient (Wildman–Crippen LogP) is 13.3. The van der Waals surface area contributed by atoms with Gasteiger partial charge >= 0.3 is 0 Å². The first-order chi connectivity index (χ1) is 19.8. The maximum atomic E-state index is 3.72. The number of benzene rings is 2. The fourth-order valence-electron chi connectivity index (χ4n) is 5.93. The third-order valence-corrected chi connectivity index (χ3v) is 8.62. The zero-order valence-corrected chi connectivity index (χ0v) is 27.0. The van der Waals surface area contributed by atoms with E-state index in [0.717, 1.165) is 0 Å². The van der Waals surface area contributed by atoms with Gasteiger partial charge in [0.15, 0.2) is 0 Å². The van der Waals surface area contributed by atoms with Crippen molar-refractivity contribution in [3.8, 4) is 0 Å². The molecule has 0 spiro atoms. The van der Waals surface area contributed by atoms with Crippen LogP contribution in [0.1, 0.15) is 172 Å². The van der Waals surface area contributed by atoms with Crippen LogP contribution in [-0.2, 0) is 19.3 Å². The molecule has 0 aromatic heterocycles. The van der Waals surface area contributed by atoms with E-state index in [1.165, 1.54) is 171 Å². The first-order valence-corrected chi connectivity index (χ1v) is 17.7. The van der Waals surface area contributed by atoms with E-state index in [9.17, 15) is 0 Å². The van der Waals surface area contributed by atoms with Crippen molar-refractivity contribution in [3.63, 3.8) is 0 Å². The number of hydrogen-bond acceptors (Lipinski definition) is 1. The number of nitrogens with one attached hydrogen (secondary N) is 1. The molecule has 0 aliphatic carbocycles. The Balaban J connectivity index is 1.85. The molecule has 0 saturated heterocycles. The molecule has 1 heteroatoms. The summed E-state index contributed by atoms with van der Waals surface area (Å²) in [6.07, 6.45) is 32.7. The fraction of sp³-hybridized carbons (Fsp3) is 0.692. The average Bonchev–Trinajstić information content (AvgIpc) is 2.97. The van der Waals surface area contributed by atoms with Crippen LogP contribution in [0.4, 0.5) is 11.4 Å². The Hall–Kier alpha value is -1.76. The molecule has 0 heterocycles. The van der Waals surface area contributed by atoms with Gasteiger partial charge in [0, 0.05) is 11.4 Å². The molecule has 0 aliphatic rings. The highest BCUT2D eigenvalue weighted by atomic mass is 14.9. The molecular weight excluding hydrogens is 482 g/mol. The normalized spacial score (nSPS) is 11.3. The maximum Gasteiger partial charge on any atom is 0.0387 e. The summed E-state index contributed by atoms with van der Waals surface area (Å²) in [6.45, 7) is 6.90. The van der Waals surface area contributed by atoms with E-state index in [4.69, 9.17) is 0 Å². The van der Waals surface area contributed by atoms with Crippen LogP contribution in [0.15, 0.2) is 42.5 Å². The molecule has 1 N–H and O–H groups in total. The maximum absolute atomic E-state index is 3.72. The Morgan fingerprint density at radius 3 is 1.27 bits per heavy atom. The SMILES string of the molecule is CCCCCCCCCc1ccc(Nc2ccc(CCCCCCCCC)c(CCCCCCCCC)c2)cc1. The van der Waals surface area contributed by atoms with Crippen molar-refractivity contribution in [2.75, 3.05) is 5.32 Å². The molecule has 0 radical (unpaired) electrons. The van der Waals surface area contributed by atoms with E-state index in [2.05, 4.69) is 68.6 Å². The highest BCUT2D eigenvalue weighted by Gasteiger charge is 2.06. The molecule has 1 nitrogen and oxygen atoms in total. The molecule has 0 aliphatic heterocycles. The van der Waals surface area contributed by atoms with E-state index in [0.29, 0.717) is 0 Å². The number of rotatable bonds is 26. The Morgan fingerprint density at radius 2 is 0.775 bits per heavy atom. The van der Waals surface area contributed by atoms with E-state index in [-0.39, 0.29) is 0 Å². The van der Waals surface area contributed by atoms with Gasteiger partial charge in [-0.3, -0.25) is 0 Å². The van der Waals surface area contributed by atoms with Gasteiger partial charge in [-0.15, -0.1) is 0 Å². The molecule has 0 saturated carbocycles. The van der Waals surface area contributed by atoms with Crippen LogP contribution in [-0.4, -0.2) is 0 Å². The lowest BCUT2D eigenvalue weighted by Gasteiger charge is -2.14. The van der Waals surface area contributed by atoms with Gasteiger partial charge in [-0.1, -0.05) is 155 Å². The van der Waals surface area contributed by atoms with Crippen LogP contribution in [0.2, 0.25) is 0 Å². The second-order valence-electron chi connectivity index (χ2n) is 12.4. The highest BCUT2D eigenvalue weighted by molar-refractivity contribution is 5.61. The minimum Gasteiger partial charge on any atom is -0.356 e. The number of anilines is 2. The second-order valence-corrected chi connectivity index (χ2v) is 12.4. The van der Waals surface area contributed by atoms with Crippen molar-refractivity contribution in [2.45, 2.75) is 175 Å². The monoisotopic (exact) mass is 548 g/mol. The molecule has 0 bridgehead atoms. The van der Waals surface area contributed by atoms with Crippen LogP contribution in [0.25, 0.3) is 0 Å². The lowest BCUT2D eigenvalue weighted by Crippen LogP contribution is -1.99. The summed E-state index contributed by atoms with van der Waals surface area (Å²) in [7, 11) is 0. The molecule has 2 rings (SSSR count). The van der Waals surface area contributed by atoms with Gasteiger partial charge in [-0.2, -0.15) is 0 Å². The Bertz CT molecular complexity index is 836. The van der Waals surface area contributed by atoms with Crippen molar-refractivity contribution in [1.82, 2.24) is 0 Å². The Labute approximate surface area is 250 Å². The van der Waals surface area contributed by atoms with Crippen LogP contribution in [0, 0.1) is 0 Å². The minimum absolute atomic E-state index is 1.21. The van der Waals surface area contributed by atoms with Gasteiger partial charge in [0.05, 0.1) is 0 Å². The van der Waals surface area contributed by atoms with E-state index < -0.39 is 0 Å². The number of hydrogen-bond donors (Lipinski definition) is 1. The van der Waals surface area contributed by atoms with Crippen LogP contribution in [0.5, 0.6) is 0 Å². The lowest BCUT2D eigenvalue weighted by molar-refractivity contribution is 0.583. The zero-order chi connectivity index (χ0) is 28.5. The van der Waals surface area contributed by atoms with E-state index >= 15 is 0 Å². The third kappa shape index (κ3) is 16.5. The molecule has 0 amide bonds. The quantitative estimate of drug-likeness (QED) is 0.115. The molecular formula is C39H65N. The van der Waals surface area contributed by atoms with Crippen molar-refractivity contribution in [2.24, 2.45) is 0 Å². The third-order valence-electron chi connectivity index (χ3n) is 8.62. The summed E-state index contributed by atoms with van der Waals surface area (Å²) in [5.74, 6) is 0. The summed E-state index contributed by atoms with van der Waals surface area (Å²) in [5.41, 5.74) is 7.12. The zero-order valence-electron chi connectivity index (χ0n) is 27.0. The molecule has 0 fully saturated rings. The first kappa shape index (κ1) is 34.4. The second kappa shape index (κ2) is 23.9. The van der Waals surface area contributed by atoms with E-state index in [1.807, 2.05) is 0 Å². The predicted molar refractivity (Wildman–Crippen MR) is 181 cm³/mol. The van der Waals surface area contributed by atoms with Crippen LogP contribution >= 0.6 is 0 Å². The average molecular weight is 548 g/mol. The fourth-order valence-corrected chi connectivity index (χ4v) is 5.93. The summed E-state index contributed by atoms with van der Waals surface area (Å²) < 4.78 is 0. The van der Waals surface area contributed by atoms with Crippen molar-refractivity contribution in [3.05, 3.63) is 59.2 Å². The molecule has 2 aromatic carbocycles. The van der Waals surface area contributed by atoms with Crippen LogP contribution in [0.3, 0.4) is 0 Å². The molecule has 40 heavy (non-hydrogen) atoms. The van der Waals surface area contributed by atoms with Gasteiger partial charge in [-0.05, 0) is 79.5 Å². The van der Waals surface area contributed by atoms with Crippen molar-refractivity contribution < 1.29 is 0 Å². The molecule has 0 unspecified atom stereocenters. The van der Waals surface area contributed by atoms with Gasteiger partial charge in [0.25, 0.3) is 0 Å². The number of aryl methyl sites for hydroxylation is 3. The first-order valence-electron chi connectivity index (χ1n) is 17.7. The van der Waals surface area contributed by atoms with Gasteiger partial charge in [0.1, 0.15) is 0 Å². The number of unbranched alkanes of at least 4 members (excludes halogenated alkanes) is 18. The Morgan fingerprint density at radius 1 is 0.375 bits per heavy atom. The van der Waals surface area contributed by atoms with E-state index in [1.54, 1.807) is 11.1 Å². The van der Waals surface area contributed by atoms with Gasteiger partial charge in [-0.25, -0.2) is 0 Å². The summed E-state index contributed by atoms with van der Waals surface area (Å²) in [4.78, 5) is 0. The summed E-state index contributed by atoms with van der Waals surface area (Å²) in [6, 6.07) is 16.4. The van der Waals surface area contributed by atoms with Gasteiger partial charge < -0.3 is 5.32 Å². The smallest absolute Gasteiger partial charge is 0.0387 e. The molecule has 226 valence electrons. The Kier molecular flexibility index (Phi) is 20.6. The van der Waals surface area contributed by atoms with Crippen molar-refractivity contribution >= 4 is 11.4 Å². The minimum atomic E-state index is 1.21. The lowest BCUT2D eigenvalue weighted by atomic mass is 9.95.